The van der Waals surface area contributed by atoms with Crippen molar-refractivity contribution in [3.8, 4) is 16.6 Å². The van der Waals surface area contributed by atoms with E-state index in [1.807, 2.05) is 0 Å². The highest BCUT2D eigenvalue weighted by molar-refractivity contribution is 7.99. The first-order valence-corrected chi connectivity index (χ1v) is 12.2. The summed E-state index contributed by atoms with van der Waals surface area (Å²) in [5, 5.41) is 15.8. The van der Waals surface area contributed by atoms with Crippen LogP contribution in [0.25, 0.3) is 10.6 Å². The number of halogens is 6. The molecule has 2 amide bonds. The van der Waals surface area contributed by atoms with Crippen molar-refractivity contribution in [1.29, 1.82) is 5.26 Å². The first kappa shape index (κ1) is 27.0. The van der Waals surface area contributed by atoms with Gasteiger partial charge in [-0.05, 0) is 47.8 Å². The average molecular weight is 565 g/mol. The number of alkyl halides is 6. The second-order valence-corrected chi connectivity index (χ2v) is 9.56. The maximum atomic E-state index is 13.8. The largest absolute Gasteiger partial charge is 0.417 e. The Labute approximate surface area is 220 Å². The fourth-order valence-electron chi connectivity index (χ4n) is 3.30. The molecule has 0 saturated heterocycles. The number of nitrogens with one attached hydrogen (secondary N) is 2. The third-order valence-corrected chi connectivity index (χ3v) is 6.92. The normalized spacial score (nSPS) is 11.6. The molecule has 4 aromatic rings. The van der Waals surface area contributed by atoms with Gasteiger partial charge in [-0.1, -0.05) is 36.0 Å². The van der Waals surface area contributed by atoms with Crippen LogP contribution in [0.5, 0.6) is 0 Å². The van der Waals surface area contributed by atoms with E-state index in [1.165, 1.54) is 29.5 Å². The van der Waals surface area contributed by atoms with Crippen LogP contribution in [0.3, 0.4) is 0 Å². The minimum absolute atomic E-state index is 0.0292. The van der Waals surface area contributed by atoms with Crippen molar-refractivity contribution in [1.82, 2.24) is 4.98 Å². The van der Waals surface area contributed by atoms with Crippen LogP contribution < -0.4 is 10.6 Å². The molecule has 0 atom stereocenters. The van der Waals surface area contributed by atoms with Crippen LogP contribution in [-0.4, -0.2) is 11.0 Å². The van der Waals surface area contributed by atoms with Crippen LogP contribution in [0, 0.1) is 11.3 Å². The lowest BCUT2D eigenvalue weighted by Gasteiger charge is -2.15. The van der Waals surface area contributed by atoms with Crippen molar-refractivity contribution in [2.24, 2.45) is 0 Å². The van der Waals surface area contributed by atoms with Crippen LogP contribution in [0.15, 0.2) is 82.0 Å². The van der Waals surface area contributed by atoms with E-state index in [1.54, 1.807) is 35.7 Å². The molecule has 4 rings (SSSR count). The summed E-state index contributed by atoms with van der Waals surface area (Å²) in [5.41, 5.74) is -2.72. The lowest BCUT2D eigenvalue weighted by atomic mass is 10.1. The molecule has 0 bridgehead atoms. The Kier molecular flexibility index (Phi) is 7.66. The fourth-order valence-corrected chi connectivity index (χ4v) is 4.97. The van der Waals surface area contributed by atoms with Crippen LogP contribution in [0.2, 0.25) is 0 Å². The molecular weight excluding hydrogens is 550 g/mol. The third-order valence-electron chi connectivity index (χ3n) is 4.97. The SMILES string of the molecule is N#Cc1c(C(F)(F)F)cc(-c2cccs2)nc1Sc1ccccc1NC(=O)Nc1cccc(C(F)(F)F)c1. The maximum absolute atomic E-state index is 13.8. The zero-order chi connectivity index (χ0) is 27.5. The number of nitriles is 1. The maximum Gasteiger partial charge on any atom is 0.417 e. The van der Waals surface area contributed by atoms with Crippen molar-refractivity contribution < 1.29 is 31.1 Å². The number of rotatable bonds is 5. The fraction of sp³-hybridized carbons (Fsp3) is 0.0800. The first-order chi connectivity index (χ1) is 18.0. The van der Waals surface area contributed by atoms with Gasteiger partial charge in [0.05, 0.1) is 32.9 Å². The molecule has 0 radical (unpaired) electrons. The molecule has 0 saturated carbocycles. The molecule has 2 aromatic carbocycles. The second-order valence-electron chi connectivity index (χ2n) is 7.58. The van der Waals surface area contributed by atoms with E-state index in [0.29, 0.717) is 4.88 Å². The molecule has 13 heteroatoms. The average Bonchev–Trinajstić information content (AvgIpc) is 3.39. The van der Waals surface area contributed by atoms with Crippen molar-refractivity contribution in [3.63, 3.8) is 0 Å². The summed E-state index contributed by atoms with van der Waals surface area (Å²) in [6.45, 7) is 0. The Morgan fingerprint density at radius 3 is 2.34 bits per heavy atom. The molecule has 5 nitrogen and oxygen atoms in total. The Hall–Kier alpha value is -4.02. The number of benzene rings is 2. The number of hydrogen-bond acceptors (Lipinski definition) is 5. The number of pyridine rings is 1. The van der Waals surface area contributed by atoms with Gasteiger partial charge in [0.1, 0.15) is 11.1 Å². The zero-order valence-corrected chi connectivity index (χ0v) is 20.4. The molecule has 2 N–H and O–H groups in total. The molecule has 0 aliphatic carbocycles. The van der Waals surface area contributed by atoms with Gasteiger partial charge in [-0.15, -0.1) is 11.3 Å². The van der Waals surface area contributed by atoms with Gasteiger partial charge in [0, 0.05) is 10.6 Å². The van der Waals surface area contributed by atoms with Gasteiger partial charge >= 0.3 is 18.4 Å². The van der Waals surface area contributed by atoms with Crippen LogP contribution in [-0.2, 0) is 12.4 Å². The van der Waals surface area contributed by atoms with Gasteiger partial charge in [-0.3, -0.25) is 0 Å². The molecule has 0 aliphatic heterocycles. The molecule has 0 fully saturated rings. The monoisotopic (exact) mass is 564 g/mol. The molecule has 0 spiro atoms. The molecule has 2 aromatic heterocycles. The number of amides is 2. The summed E-state index contributed by atoms with van der Waals surface area (Å²) >= 11 is 1.92. The van der Waals surface area contributed by atoms with E-state index in [0.717, 1.165) is 36.0 Å². The zero-order valence-electron chi connectivity index (χ0n) is 18.8. The summed E-state index contributed by atoms with van der Waals surface area (Å²) < 4.78 is 80.3. The molecular formula is C25H14F6N4OS2. The standard InChI is InChI=1S/C25H14F6N4OS2/c26-24(27,28)14-5-3-6-15(11-14)33-23(36)35-18-7-1-2-8-21(18)38-22-16(13-32)17(25(29,30)31)12-19(34-22)20-9-4-10-37-20/h1-12H,(H2,33,35,36). The minimum Gasteiger partial charge on any atom is -0.308 e. The Morgan fingerprint density at radius 2 is 1.68 bits per heavy atom. The topological polar surface area (TPSA) is 77.8 Å². The van der Waals surface area contributed by atoms with Gasteiger partial charge in [0.15, 0.2) is 0 Å². The van der Waals surface area contributed by atoms with Gasteiger partial charge in [-0.25, -0.2) is 9.78 Å². The number of anilines is 2. The Balaban J connectivity index is 1.65. The molecule has 0 aliphatic rings. The first-order valence-electron chi connectivity index (χ1n) is 10.5. The predicted molar refractivity (Wildman–Crippen MR) is 132 cm³/mol. The highest BCUT2D eigenvalue weighted by atomic mass is 32.2. The van der Waals surface area contributed by atoms with Crippen molar-refractivity contribution in [3.05, 3.63) is 88.8 Å². The number of aromatic nitrogens is 1. The highest BCUT2D eigenvalue weighted by Gasteiger charge is 2.36. The number of urea groups is 1. The second kappa shape index (κ2) is 10.8. The van der Waals surface area contributed by atoms with E-state index in [2.05, 4.69) is 15.6 Å². The smallest absolute Gasteiger partial charge is 0.308 e. The third kappa shape index (κ3) is 6.27. The summed E-state index contributed by atoms with van der Waals surface area (Å²) in [4.78, 5) is 17.6. The molecule has 2 heterocycles. The number of hydrogen-bond donors (Lipinski definition) is 2. The Bertz CT molecular complexity index is 1510. The van der Waals surface area contributed by atoms with Crippen LogP contribution in [0.1, 0.15) is 16.7 Å². The van der Waals surface area contributed by atoms with Gasteiger partial charge in [0.25, 0.3) is 0 Å². The predicted octanol–water partition coefficient (Wildman–Crippen LogP) is 8.51. The van der Waals surface area contributed by atoms with Gasteiger partial charge in [0.2, 0.25) is 0 Å². The van der Waals surface area contributed by atoms with Crippen molar-refractivity contribution in [2.45, 2.75) is 22.3 Å². The van der Waals surface area contributed by atoms with Crippen molar-refractivity contribution in [2.75, 3.05) is 10.6 Å². The quantitative estimate of drug-likeness (QED) is 0.238. The minimum atomic E-state index is -4.82. The lowest BCUT2D eigenvalue weighted by Crippen LogP contribution is -2.20. The molecule has 38 heavy (non-hydrogen) atoms. The van der Waals surface area contributed by atoms with Gasteiger partial charge < -0.3 is 10.6 Å². The lowest BCUT2D eigenvalue weighted by molar-refractivity contribution is -0.138. The van der Waals surface area contributed by atoms with Crippen molar-refractivity contribution >= 4 is 40.5 Å². The number of nitrogens with zero attached hydrogens (tertiary/aromatic N) is 2. The summed E-state index contributed by atoms with van der Waals surface area (Å²) in [7, 11) is 0. The number of thiophene rings is 1. The molecule has 194 valence electrons. The summed E-state index contributed by atoms with van der Waals surface area (Å²) in [6.07, 6.45) is -9.42. The molecule has 0 unspecified atom stereocenters. The van der Waals surface area contributed by atoms with E-state index < -0.39 is 35.1 Å². The van der Waals surface area contributed by atoms with E-state index >= 15 is 0 Å². The van der Waals surface area contributed by atoms with Crippen LogP contribution in [0.4, 0.5) is 42.5 Å². The summed E-state index contributed by atoms with van der Waals surface area (Å²) in [5.74, 6) is 0. The van der Waals surface area contributed by atoms with E-state index in [9.17, 15) is 36.4 Å². The highest BCUT2D eigenvalue weighted by Crippen LogP contribution is 2.42. The van der Waals surface area contributed by atoms with Gasteiger partial charge in [-0.2, -0.15) is 31.6 Å². The van der Waals surface area contributed by atoms with E-state index in [-0.39, 0.29) is 27.0 Å². The van der Waals surface area contributed by atoms with Crippen LogP contribution >= 0.6 is 23.1 Å². The number of para-hydroxylation sites is 1. The summed E-state index contributed by atoms with van der Waals surface area (Å²) in [6, 6.07) is 14.9. The van der Waals surface area contributed by atoms with E-state index in [4.69, 9.17) is 0 Å². The number of carbonyl (C=O) groups excluding carboxylic acids is 1. The number of carbonyl (C=O) groups is 1. The Morgan fingerprint density at radius 1 is 0.921 bits per heavy atom.